The molecule has 0 aromatic heterocycles. The molecule has 0 atom stereocenters. The van der Waals surface area contributed by atoms with Crippen molar-refractivity contribution in [3.63, 3.8) is 0 Å². The second-order valence-corrected chi connectivity index (χ2v) is 17.0. The Morgan fingerprint density at radius 3 is 1.65 bits per heavy atom. The number of halogens is 1. The summed E-state index contributed by atoms with van der Waals surface area (Å²) in [7, 11) is 0. The maximum Gasteiger partial charge on any atom is 0.126 e. The number of likely N-dealkylation sites (tertiary alicyclic amines) is 1. The van der Waals surface area contributed by atoms with E-state index in [-0.39, 0.29) is 16.8 Å². The lowest BCUT2D eigenvalue weighted by Gasteiger charge is -2.38. The highest BCUT2D eigenvalue weighted by molar-refractivity contribution is 5.28. The van der Waals surface area contributed by atoms with Crippen molar-refractivity contribution < 1.29 is 9.13 Å². The zero-order valence-corrected chi connectivity index (χ0v) is 32.3. The number of piperidine rings is 1. The molecule has 2 fully saturated rings. The van der Waals surface area contributed by atoms with Gasteiger partial charge in [-0.25, -0.2) is 4.39 Å². The minimum atomic E-state index is -0.109. The van der Waals surface area contributed by atoms with E-state index >= 15 is 0 Å². The molecule has 0 bridgehead atoms. The maximum atomic E-state index is 13.1. The zero-order valence-electron chi connectivity index (χ0n) is 32.3. The van der Waals surface area contributed by atoms with Crippen LogP contribution in [0.15, 0.2) is 48.5 Å². The fraction of sp³-hybridized carbons (Fsp3) is 0.707. The highest BCUT2D eigenvalue weighted by Crippen LogP contribution is 2.24. The fourth-order valence-corrected chi connectivity index (χ4v) is 5.18. The Kier molecular flexibility index (Phi) is 18.3. The van der Waals surface area contributed by atoms with Gasteiger partial charge in [-0.15, -0.1) is 0 Å². The van der Waals surface area contributed by atoms with Crippen LogP contribution in [-0.4, -0.2) is 73.4 Å². The Balaban J connectivity index is 0.000000310. The lowest BCUT2D eigenvalue weighted by molar-refractivity contribution is -0.00389. The van der Waals surface area contributed by atoms with Crippen molar-refractivity contribution in [2.75, 3.05) is 52.5 Å². The lowest BCUT2D eigenvalue weighted by Crippen LogP contribution is -2.47. The number of nitrogens with zero attached hydrogens (tertiary/aromatic N) is 2. The fourth-order valence-electron chi connectivity index (χ4n) is 5.18. The van der Waals surface area contributed by atoms with Crippen LogP contribution in [0.1, 0.15) is 125 Å². The molecular weight excluding hydrogens is 569 g/mol. The SMILES string of the molecule is CC(C)(C)N1CCOCC1.CC(C)(C)NCCCN1CCCCC1.CC(C)(C)c1ccccc1.Cc1ccc(C(C)(C)C)cc1F. The second-order valence-electron chi connectivity index (χ2n) is 17.0. The molecule has 46 heavy (non-hydrogen) atoms. The first-order valence-electron chi connectivity index (χ1n) is 17.8. The Labute approximate surface area is 284 Å². The van der Waals surface area contributed by atoms with E-state index in [0.717, 1.165) is 38.4 Å². The molecule has 2 saturated heterocycles. The third-order valence-corrected chi connectivity index (χ3v) is 8.39. The van der Waals surface area contributed by atoms with Gasteiger partial charge in [-0.1, -0.05) is 90.4 Å². The Hall–Kier alpha value is -1.79. The Morgan fingerprint density at radius 1 is 0.696 bits per heavy atom. The number of benzene rings is 2. The molecule has 2 aromatic rings. The zero-order chi connectivity index (χ0) is 35.0. The minimum Gasteiger partial charge on any atom is -0.379 e. The van der Waals surface area contributed by atoms with Crippen LogP contribution in [0, 0.1) is 12.7 Å². The summed E-state index contributed by atoms with van der Waals surface area (Å²) in [5, 5.41) is 3.53. The van der Waals surface area contributed by atoms with Gasteiger partial charge < -0.3 is 15.0 Å². The van der Waals surface area contributed by atoms with E-state index in [1.165, 1.54) is 50.9 Å². The van der Waals surface area contributed by atoms with Gasteiger partial charge in [0.15, 0.2) is 0 Å². The number of rotatable bonds is 4. The van der Waals surface area contributed by atoms with Gasteiger partial charge in [0.25, 0.3) is 0 Å². The van der Waals surface area contributed by atoms with Crippen LogP contribution in [0.2, 0.25) is 0 Å². The van der Waals surface area contributed by atoms with E-state index in [4.69, 9.17) is 4.74 Å². The first-order valence-corrected chi connectivity index (χ1v) is 17.8. The van der Waals surface area contributed by atoms with Gasteiger partial charge in [0, 0.05) is 24.2 Å². The molecule has 2 aliphatic rings. The van der Waals surface area contributed by atoms with E-state index in [0.29, 0.717) is 16.5 Å². The summed E-state index contributed by atoms with van der Waals surface area (Å²) in [6, 6.07) is 16.0. The molecule has 0 spiro atoms. The van der Waals surface area contributed by atoms with Crippen LogP contribution in [-0.2, 0) is 15.6 Å². The van der Waals surface area contributed by atoms with Gasteiger partial charge in [-0.2, -0.15) is 0 Å². The predicted molar refractivity (Wildman–Crippen MR) is 200 cm³/mol. The number of nitrogens with one attached hydrogen (secondary N) is 1. The number of aryl methyl sites for hydroxylation is 1. The second kappa shape index (κ2) is 19.9. The molecule has 0 amide bonds. The van der Waals surface area contributed by atoms with Crippen LogP contribution in [0.4, 0.5) is 4.39 Å². The van der Waals surface area contributed by atoms with Crippen molar-refractivity contribution in [1.82, 2.24) is 15.1 Å². The van der Waals surface area contributed by atoms with E-state index < -0.39 is 0 Å². The average Bonchev–Trinajstić information content (AvgIpc) is 2.97. The van der Waals surface area contributed by atoms with Crippen molar-refractivity contribution in [1.29, 1.82) is 0 Å². The number of hydrogen-bond acceptors (Lipinski definition) is 4. The molecule has 0 aliphatic carbocycles. The van der Waals surface area contributed by atoms with E-state index in [1.54, 1.807) is 13.0 Å². The topological polar surface area (TPSA) is 27.7 Å². The highest BCUT2D eigenvalue weighted by atomic mass is 19.1. The summed E-state index contributed by atoms with van der Waals surface area (Å²) >= 11 is 0. The summed E-state index contributed by atoms with van der Waals surface area (Å²) in [5.74, 6) is -0.109. The van der Waals surface area contributed by atoms with Gasteiger partial charge >= 0.3 is 0 Å². The molecule has 1 N–H and O–H groups in total. The molecule has 0 unspecified atom stereocenters. The molecule has 2 heterocycles. The molecule has 2 aromatic carbocycles. The molecule has 4 nitrogen and oxygen atoms in total. The quantitative estimate of drug-likeness (QED) is 0.337. The molecular formula is C41H72FN3O. The predicted octanol–water partition coefficient (Wildman–Crippen LogP) is 9.78. The van der Waals surface area contributed by atoms with Crippen LogP contribution in [0.5, 0.6) is 0 Å². The first-order chi connectivity index (χ1) is 21.2. The summed E-state index contributed by atoms with van der Waals surface area (Å²) in [6.45, 7) is 37.2. The van der Waals surface area contributed by atoms with Crippen molar-refractivity contribution in [2.45, 2.75) is 138 Å². The highest BCUT2D eigenvalue weighted by Gasteiger charge is 2.22. The normalized spacial score (nSPS) is 16.7. The van der Waals surface area contributed by atoms with Crippen LogP contribution < -0.4 is 5.32 Å². The van der Waals surface area contributed by atoms with Crippen LogP contribution in [0.3, 0.4) is 0 Å². The maximum absolute atomic E-state index is 13.1. The minimum absolute atomic E-state index is 0.0362. The number of ether oxygens (including phenoxy) is 1. The van der Waals surface area contributed by atoms with Crippen molar-refractivity contribution >= 4 is 0 Å². The molecule has 0 radical (unpaired) electrons. The van der Waals surface area contributed by atoms with Gasteiger partial charge in [0.05, 0.1) is 13.2 Å². The lowest BCUT2D eigenvalue weighted by atomic mass is 9.86. The van der Waals surface area contributed by atoms with Crippen molar-refractivity contribution in [2.24, 2.45) is 0 Å². The summed E-state index contributed by atoms with van der Waals surface area (Å²) in [4.78, 5) is 5.06. The molecule has 2 aliphatic heterocycles. The van der Waals surface area contributed by atoms with Crippen LogP contribution in [0.25, 0.3) is 0 Å². The van der Waals surface area contributed by atoms with Crippen molar-refractivity contribution in [3.05, 3.63) is 71.0 Å². The molecule has 4 rings (SSSR count). The molecule has 5 heteroatoms. The van der Waals surface area contributed by atoms with E-state index in [1.807, 2.05) is 12.1 Å². The Morgan fingerprint density at radius 2 is 1.24 bits per heavy atom. The van der Waals surface area contributed by atoms with Gasteiger partial charge in [-0.3, -0.25) is 4.90 Å². The number of hydrogen-bond donors (Lipinski definition) is 1. The van der Waals surface area contributed by atoms with Gasteiger partial charge in [0.1, 0.15) is 5.82 Å². The summed E-state index contributed by atoms with van der Waals surface area (Å²) in [5.41, 5.74) is 4.09. The molecule has 0 saturated carbocycles. The third-order valence-electron chi connectivity index (χ3n) is 8.39. The summed E-state index contributed by atoms with van der Waals surface area (Å²) < 4.78 is 18.4. The summed E-state index contributed by atoms with van der Waals surface area (Å²) in [6.07, 6.45) is 5.55. The largest absolute Gasteiger partial charge is 0.379 e. The van der Waals surface area contributed by atoms with Crippen molar-refractivity contribution in [3.8, 4) is 0 Å². The molecule has 264 valence electrons. The Bertz CT molecular complexity index is 1060. The number of morpholine rings is 1. The first kappa shape index (κ1) is 42.2. The monoisotopic (exact) mass is 642 g/mol. The smallest absolute Gasteiger partial charge is 0.126 e. The van der Waals surface area contributed by atoms with Gasteiger partial charge in [-0.05, 0) is 127 Å². The average molecular weight is 642 g/mol. The van der Waals surface area contributed by atoms with Gasteiger partial charge in [0.2, 0.25) is 0 Å². The third kappa shape index (κ3) is 19.1. The standard InChI is InChI=1S/C12H26N2.C11H15F.C10H14.C8H17NO/c1-12(2,3)13-8-7-11-14-9-5-4-6-10-14;1-8-5-6-9(7-10(8)12)11(2,3)4;1-10(2,3)9-7-5-4-6-8-9;1-8(2,3)9-4-6-10-7-5-9/h13H,4-11H2,1-3H3;5-7H,1-4H3;4-8H,1-3H3;4-7H2,1-3H3. The van der Waals surface area contributed by atoms with E-state index in [2.05, 4.69) is 129 Å². The van der Waals surface area contributed by atoms with E-state index in [9.17, 15) is 4.39 Å². The van der Waals surface area contributed by atoms with Crippen LogP contribution >= 0.6 is 0 Å².